The van der Waals surface area contributed by atoms with Crippen LogP contribution in [0.1, 0.15) is 22.9 Å². The number of aromatic nitrogens is 4. The number of nitrogens with zero attached hydrogens (tertiary/aromatic N) is 3. The molecular weight excluding hydrogens is 369 g/mol. The lowest BCUT2D eigenvalue weighted by Gasteiger charge is -2.15. The van der Waals surface area contributed by atoms with Crippen LogP contribution in [0.3, 0.4) is 0 Å². The highest BCUT2D eigenvalue weighted by Gasteiger charge is 2.31. The van der Waals surface area contributed by atoms with E-state index in [1.54, 1.807) is 35.8 Å². The lowest BCUT2D eigenvalue weighted by atomic mass is 9.96. The number of H-pyrrole nitrogens is 2. The van der Waals surface area contributed by atoms with Gasteiger partial charge >= 0.3 is 0 Å². The second-order valence-corrected chi connectivity index (χ2v) is 6.25. The number of benzene rings is 1. The topological polar surface area (TPSA) is 110 Å². The van der Waals surface area contributed by atoms with E-state index in [2.05, 4.69) is 15.2 Å². The summed E-state index contributed by atoms with van der Waals surface area (Å²) in [6.07, 6.45) is 1.46. The third kappa shape index (κ3) is 3.31. The summed E-state index contributed by atoms with van der Waals surface area (Å²) in [6.45, 7) is 1.16. The molecule has 8 nitrogen and oxygen atoms in total. The van der Waals surface area contributed by atoms with Gasteiger partial charge in [-0.3, -0.25) is 20.0 Å². The van der Waals surface area contributed by atoms with Crippen molar-refractivity contribution in [2.24, 2.45) is 0 Å². The zero-order chi connectivity index (χ0) is 18.1. The first-order valence-electron chi connectivity index (χ1n) is 7.26. The molecular formula is C15H13Cl2N5O3. The Morgan fingerprint density at radius 2 is 1.96 bits per heavy atom. The molecule has 130 valence electrons. The van der Waals surface area contributed by atoms with Crippen molar-refractivity contribution >= 4 is 23.2 Å². The molecule has 2 heterocycles. The molecule has 0 radical (unpaired) electrons. The molecule has 0 saturated heterocycles. The van der Waals surface area contributed by atoms with Crippen molar-refractivity contribution in [1.82, 2.24) is 19.7 Å². The number of nitro groups is 1. The molecule has 0 saturated carbocycles. The summed E-state index contributed by atoms with van der Waals surface area (Å²) < 4.78 is 1.62. The average Bonchev–Trinajstić information content (AvgIpc) is 3.09. The number of halogens is 2. The third-order valence-corrected chi connectivity index (χ3v) is 4.43. The van der Waals surface area contributed by atoms with Crippen LogP contribution in [0.5, 0.6) is 0 Å². The highest BCUT2D eigenvalue weighted by molar-refractivity contribution is 6.30. The molecule has 2 N–H and O–H groups in total. The van der Waals surface area contributed by atoms with Crippen LogP contribution in [0, 0.1) is 17.0 Å². The normalized spacial score (nSPS) is 12.3. The fourth-order valence-electron chi connectivity index (χ4n) is 2.79. The van der Waals surface area contributed by atoms with E-state index in [-0.39, 0.29) is 10.7 Å². The van der Waals surface area contributed by atoms with Crippen LogP contribution >= 0.6 is 23.2 Å². The van der Waals surface area contributed by atoms with Gasteiger partial charge in [-0.05, 0) is 31.2 Å². The van der Waals surface area contributed by atoms with Gasteiger partial charge in [0, 0.05) is 21.3 Å². The number of rotatable bonds is 5. The number of aryl methyl sites for hydroxylation is 1. The van der Waals surface area contributed by atoms with Crippen molar-refractivity contribution in [2.75, 3.05) is 6.54 Å². The molecule has 0 fully saturated rings. The number of hydrogen-bond acceptors (Lipinski definition) is 4. The number of nitrogens with one attached hydrogen (secondary N) is 2. The van der Waals surface area contributed by atoms with Crippen LogP contribution in [-0.2, 0) is 0 Å². The van der Waals surface area contributed by atoms with E-state index < -0.39 is 22.9 Å². The fourth-order valence-corrected chi connectivity index (χ4v) is 3.19. The lowest BCUT2D eigenvalue weighted by molar-refractivity contribution is -0.482. The first-order valence-corrected chi connectivity index (χ1v) is 8.01. The van der Waals surface area contributed by atoms with E-state index in [4.69, 9.17) is 23.2 Å². The minimum absolute atomic E-state index is 0.0989. The monoisotopic (exact) mass is 381 g/mol. The molecule has 1 aromatic carbocycles. The molecule has 0 aliphatic carbocycles. The van der Waals surface area contributed by atoms with Crippen LogP contribution in [-0.4, -0.2) is 31.2 Å². The van der Waals surface area contributed by atoms with Gasteiger partial charge in [-0.15, -0.1) is 0 Å². The van der Waals surface area contributed by atoms with Crippen molar-refractivity contribution in [3.8, 4) is 5.69 Å². The highest BCUT2D eigenvalue weighted by Crippen LogP contribution is 2.32. The second kappa shape index (κ2) is 6.73. The molecule has 3 rings (SSSR count). The summed E-state index contributed by atoms with van der Waals surface area (Å²) >= 11 is 12.1. The summed E-state index contributed by atoms with van der Waals surface area (Å²) in [5.41, 5.74) is 1.39. The van der Waals surface area contributed by atoms with E-state index in [0.717, 1.165) is 0 Å². The molecule has 0 spiro atoms. The Morgan fingerprint density at radius 3 is 2.52 bits per heavy atom. The van der Waals surface area contributed by atoms with Crippen LogP contribution in [0.2, 0.25) is 10.2 Å². The molecule has 3 aromatic rings. The largest absolute Gasteiger partial charge is 0.302 e. The molecule has 0 aliphatic rings. The van der Waals surface area contributed by atoms with Gasteiger partial charge in [-0.2, -0.15) is 0 Å². The maximum absolute atomic E-state index is 12.2. The maximum Gasteiger partial charge on any atom is 0.268 e. The molecule has 0 aliphatic heterocycles. The van der Waals surface area contributed by atoms with Crippen LogP contribution in [0.4, 0.5) is 0 Å². The molecule has 10 heteroatoms. The first-order chi connectivity index (χ1) is 11.9. The predicted octanol–water partition coefficient (Wildman–Crippen LogP) is 2.91. The van der Waals surface area contributed by atoms with Gasteiger partial charge in [0.05, 0.1) is 17.2 Å². The molecule has 25 heavy (non-hydrogen) atoms. The second-order valence-electron chi connectivity index (χ2n) is 5.45. The van der Waals surface area contributed by atoms with Crippen LogP contribution in [0.15, 0.2) is 35.4 Å². The van der Waals surface area contributed by atoms with Crippen molar-refractivity contribution in [2.45, 2.75) is 12.8 Å². The standard InChI is InChI=1S/C15H13Cl2N5O3/c1-8-12(15(23)20-19-8)11(6-22(24)25)13-14(17)18-7-21(13)10-4-2-9(16)3-5-10/h2-5,7,11H,6H2,1H3,(H2,19,20,23). The van der Waals surface area contributed by atoms with Crippen molar-refractivity contribution < 1.29 is 4.92 Å². The van der Waals surface area contributed by atoms with Gasteiger partial charge < -0.3 is 9.67 Å². The number of hydrogen-bond donors (Lipinski definition) is 2. The summed E-state index contributed by atoms with van der Waals surface area (Å²) in [5.74, 6) is -0.865. The quantitative estimate of drug-likeness (QED) is 0.522. The van der Waals surface area contributed by atoms with E-state index in [1.165, 1.54) is 6.33 Å². The third-order valence-electron chi connectivity index (χ3n) is 3.88. The Balaban J connectivity index is 2.20. The molecule has 0 bridgehead atoms. The summed E-state index contributed by atoms with van der Waals surface area (Å²) in [4.78, 5) is 27.0. The maximum atomic E-state index is 12.2. The lowest BCUT2D eigenvalue weighted by Crippen LogP contribution is -2.22. The van der Waals surface area contributed by atoms with E-state index in [1.807, 2.05) is 0 Å². The molecule has 0 amide bonds. The SMILES string of the molecule is Cc1[nH][nH]c(=O)c1C(C[N+](=O)[O-])c1c(Cl)ncn1-c1ccc(Cl)cc1. The Labute approximate surface area is 151 Å². The number of imidazole rings is 1. The van der Waals surface area contributed by atoms with Gasteiger partial charge in [0.1, 0.15) is 6.33 Å². The van der Waals surface area contributed by atoms with Gasteiger partial charge in [-0.25, -0.2) is 4.98 Å². The van der Waals surface area contributed by atoms with E-state index >= 15 is 0 Å². The van der Waals surface area contributed by atoms with E-state index in [9.17, 15) is 14.9 Å². The smallest absolute Gasteiger partial charge is 0.268 e. The highest BCUT2D eigenvalue weighted by atomic mass is 35.5. The molecule has 2 aromatic heterocycles. The first kappa shape index (κ1) is 17.2. The fraction of sp³-hybridized carbons (Fsp3) is 0.200. The summed E-state index contributed by atoms with van der Waals surface area (Å²) in [5, 5.41) is 17.0. The van der Waals surface area contributed by atoms with Gasteiger partial charge in [0.2, 0.25) is 6.54 Å². The Kier molecular flexibility index (Phi) is 4.65. The van der Waals surface area contributed by atoms with Crippen LogP contribution < -0.4 is 5.56 Å². The van der Waals surface area contributed by atoms with E-state index in [0.29, 0.717) is 22.1 Å². The Bertz CT molecular complexity index is 974. The van der Waals surface area contributed by atoms with Crippen LogP contribution in [0.25, 0.3) is 5.69 Å². The summed E-state index contributed by atoms with van der Waals surface area (Å²) in [6, 6.07) is 6.85. The molecule has 1 atom stereocenters. The van der Waals surface area contributed by atoms with Gasteiger partial charge in [-0.1, -0.05) is 23.2 Å². The zero-order valence-electron chi connectivity index (χ0n) is 13.0. The van der Waals surface area contributed by atoms with Crippen molar-refractivity contribution in [3.63, 3.8) is 0 Å². The minimum Gasteiger partial charge on any atom is -0.302 e. The van der Waals surface area contributed by atoms with Gasteiger partial charge in [0.25, 0.3) is 5.56 Å². The zero-order valence-corrected chi connectivity index (χ0v) is 14.5. The Morgan fingerprint density at radius 1 is 1.28 bits per heavy atom. The predicted molar refractivity (Wildman–Crippen MR) is 93.4 cm³/mol. The van der Waals surface area contributed by atoms with Crippen molar-refractivity contribution in [1.29, 1.82) is 0 Å². The average molecular weight is 382 g/mol. The minimum atomic E-state index is -0.865. The summed E-state index contributed by atoms with van der Waals surface area (Å²) in [7, 11) is 0. The molecule has 1 unspecified atom stereocenters. The van der Waals surface area contributed by atoms with Crippen molar-refractivity contribution in [3.05, 3.63) is 78.2 Å². The number of aromatic amines is 2. The Hall–Kier alpha value is -2.58. The van der Waals surface area contributed by atoms with Gasteiger partial charge in [0.15, 0.2) is 5.15 Å².